The molecule has 0 atom stereocenters. The number of piperidine rings is 1. The maximum absolute atomic E-state index is 13.4. The molecule has 3 aromatic heterocycles. The molecule has 11 heteroatoms. The van der Waals surface area contributed by atoms with Crippen LogP contribution in [0, 0.1) is 0 Å². The van der Waals surface area contributed by atoms with Gasteiger partial charge in [0.15, 0.2) is 5.58 Å². The molecule has 2 N–H and O–H groups in total. The van der Waals surface area contributed by atoms with Crippen molar-refractivity contribution in [2.24, 2.45) is 0 Å². The molecule has 0 unspecified atom stereocenters. The molecule has 0 aromatic carbocycles. The lowest BCUT2D eigenvalue weighted by atomic mass is 10.1. The van der Waals surface area contributed by atoms with Gasteiger partial charge in [0.25, 0.3) is 11.9 Å². The highest BCUT2D eigenvalue weighted by atomic mass is 16.5. The Morgan fingerprint density at radius 2 is 1.97 bits per heavy atom. The van der Waals surface area contributed by atoms with Gasteiger partial charge in [-0.3, -0.25) is 4.79 Å². The van der Waals surface area contributed by atoms with Crippen LogP contribution in [0.1, 0.15) is 23.2 Å². The summed E-state index contributed by atoms with van der Waals surface area (Å²) >= 11 is 0. The van der Waals surface area contributed by atoms with Crippen LogP contribution < -0.4 is 19.9 Å². The number of aliphatic hydroxyl groups excluding tert-OH is 1. The predicted molar refractivity (Wildman–Crippen MR) is 121 cm³/mol. The summed E-state index contributed by atoms with van der Waals surface area (Å²) in [5.41, 5.74) is 1.68. The van der Waals surface area contributed by atoms with Gasteiger partial charge >= 0.3 is 0 Å². The number of oxazole rings is 1. The van der Waals surface area contributed by atoms with E-state index in [2.05, 4.69) is 15.3 Å². The molecular weight excluding hydrogens is 428 g/mol. The van der Waals surface area contributed by atoms with E-state index in [-0.39, 0.29) is 12.0 Å². The molecule has 5 heterocycles. The first-order chi connectivity index (χ1) is 16.1. The Labute approximate surface area is 190 Å². The van der Waals surface area contributed by atoms with Gasteiger partial charge < -0.3 is 34.1 Å². The Morgan fingerprint density at radius 1 is 1.18 bits per heavy atom. The minimum absolute atomic E-state index is 0.316. The maximum atomic E-state index is 13.4. The number of pyridine rings is 2. The van der Waals surface area contributed by atoms with Gasteiger partial charge in [0.05, 0.1) is 32.0 Å². The van der Waals surface area contributed by atoms with Gasteiger partial charge in [0, 0.05) is 38.4 Å². The third-order valence-electron chi connectivity index (χ3n) is 5.85. The van der Waals surface area contributed by atoms with Crippen LogP contribution in [0.3, 0.4) is 0 Å². The number of amides is 1. The lowest BCUT2D eigenvalue weighted by Crippen LogP contribution is -2.37. The highest BCUT2D eigenvalue weighted by molar-refractivity contribution is 6.09. The Morgan fingerprint density at radius 3 is 2.73 bits per heavy atom. The summed E-state index contributed by atoms with van der Waals surface area (Å²) in [7, 11) is 1.50. The van der Waals surface area contributed by atoms with Gasteiger partial charge in [0.1, 0.15) is 11.5 Å². The number of carbonyl (C=O) groups is 1. The number of rotatable bonds is 5. The highest BCUT2D eigenvalue weighted by Gasteiger charge is 2.27. The number of morpholine rings is 1. The number of fused-ring (bicyclic) bond motifs is 1. The number of ether oxygens (including phenoxy) is 2. The van der Waals surface area contributed by atoms with Gasteiger partial charge in [-0.15, -0.1) is 0 Å². The van der Waals surface area contributed by atoms with Crippen molar-refractivity contribution in [3.63, 3.8) is 0 Å². The summed E-state index contributed by atoms with van der Waals surface area (Å²) in [6.07, 6.45) is 2.46. The van der Waals surface area contributed by atoms with Gasteiger partial charge in [-0.25, -0.2) is 9.97 Å². The quantitative estimate of drug-likeness (QED) is 0.588. The molecule has 11 nitrogen and oxygen atoms in total. The number of aliphatic hydroxyl groups is 1. The minimum Gasteiger partial charge on any atom is -0.480 e. The summed E-state index contributed by atoms with van der Waals surface area (Å²) < 4.78 is 16.6. The zero-order chi connectivity index (χ0) is 22.8. The molecular formula is C22H26N6O5. The average Bonchev–Trinajstić information content (AvgIpc) is 3.28. The molecule has 1 amide bonds. The number of nitrogens with one attached hydrogen (secondary N) is 1. The molecule has 3 aromatic rings. The lowest BCUT2D eigenvalue weighted by Gasteiger charge is -2.31. The number of carbonyl (C=O) groups excluding carboxylic acids is 1. The van der Waals surface area contributed by atoms with Crippen LogP contribution in [0.15, 0.2) is 28.8 Å². The summed E-state index contributed by atoms with van der Waals surface area (Å²) in [5, 5.41) is 12.8. The van der Waals surface area contributed by atoms with Crippen molar-refractivity contribution in [3.8, 4) is 5.88 Å². The van der Waals surface area contributed by atoms with Crippen LogP contribution >= 0.6 is 0 Å². The van der Waals surface area contributed by atoms with Crippen LogP contribution in [0.5, 0.6) is 5.88 Å². The van der Waals surface area contributed by atoms with Crippen LogP contribution in [0.2, 0.25) is 0 Å². The Bertz CT molecular complexity index is 1140. The lowest BCUT2D eigenvalue weighted by molar-refractivity contribution is 0.102. The standard InChI is InChI=1S/C22H26N6O5/c1-31-21-16(3-2-6-23-21)24-20(30)15-13-17-18(25-19(15)27-7-4-14(29)5-8-27)26-22(33-17)28-9-11-32-12-10-28/h2-3,6,13-14,29H,4-5,7-12H2,1H3,(H,24,30). The number of nitrogens with zero attached hydrogens (tertiary/aromatic N) is 5. The third kappa shape index (κ3) is 4.41. The smallest absolute Gasteiger partial charge is 0.300 e. The van der Waals surface area contributed by atoms with Crippen LogP contribution in [0.25, 0.3) is 11.2 Å². The number of methoxy groups -OCH3 is 1. The molecule has 0 spiro atoms. The molecule has 2 fully saturated rings. The fourth-order valence-corrected chi connectivity index (χ4v) is 4.06. The molecule has 0 aliphatic carbocycles. The van der Waals surface area contributed by atoms with Gasteiger partial charge in [-0.05, 0) is 25.0 Å². The van der Waals surface area contributed by atoms with E-state index in [9.17, 15) is 9.90 Å². The third-order valence-corrected chi connectivity index (χ3v) is 5.85. The molecule has 174 valence electrons. The van der Waals surface area contributed by atoms with E-state index in [0.717, 1.165) is 0 Å². The Balaban J connectivity index is 1.52. The SMILES string of the molecule is COc1ncccc1NC(=O)c1cc2oc(N3CCOCC3)nc2nc1N1CCC(O)CC1. The normalized spacial score (nSPS) is 17.4. The summed E-state index contributed by atoms with van der Waals surface area (Å²) in [5.74, 6) is 0.467. The van der Waals surface area contributed by atoms with E-state index < -0.39 is 0 Å². The molecule has 0 bridgehead atoms. The molecule has 0 radical (unpaired) electrons. The first kappa shape index (κ1) is 21.4. The summed E-state index contributed by atoms with van der Waals surface area (Å²) in [4.78, 5) is 30.8. The number of hydrogen-bond donors (Lipinski definition) is 2. The Hall–Kier alpha value is -3.44. The van der Waals surface area contributed by atoms with Gasteiger partial charge in [0.2, 0.25) is 11.5 Å². The maximum Gasteiger partial charge on any atom is 0.300 e. The van der Waals surface area contributed by atoms with Crippen molar-refractivity contribution >= 4 is 34.7 Å². The molecule has 0 saturated carbocycles. The number of aromatic nitrogens is 3. The van der Waals surface area contributed by atoms with Crippen molar-refractivity contribution in [2.45, 2.75) is 18.9 Å². The molecule has 33 heavy (non-hydrogen) atoms. The summed E-state index contributed by atoms with van der Waals surface area (Å²) in [6, 6.07) is 5.58. The first-order valence-electron chi connectivity index (χ1n) is 11.0. The van der Waals surface area contributed by atoms with E-state index in [1.807, 2.05) is 9.80 Å². The second kappa shape index (κ2) is 9.20. The monoisotopic (exact) mass is 454 g/mol. The predicted octanol–water partition coefficient (Wildman–Crippen LogP) is 1.68. The minimum atomic E-state index is -0.360. The highest BCUT2D eigenvalue weighted by Crippen LogP contribution is 2.30. The van der Waals surface area contributed by atoms with E-state index in [1.54, 1.807) is 24.4 Å². The zero-order valence-electron chi connectivity index (χ0n) is 18.4. The topological polar surface area (TPSA) is 126 Å². The van der Waals surface area contributed by atoms with Crippen LogP contribution in [0.4, 0.5) is 17.5 Å². The molecule has 2 aliphatic rings. The van der Waals surface area contributed by atoms with Crippen molar-refractivity contribution in [1.29, 1.82) is 0 Å². The van der Waals surface area contributed by atoms with E-state index in [1.165, 1.54) is 7.11 Å². The van der Waals surface area contributed by atoms with Crippen molar-refractivity contribution < 1.29 is 23.8 Å². The van der Waals surface area contributed by atoms with Crippen molar-refractivity contribution in [2.75, 3.05) is 61.6 Å². The van der Waals surface area contributed by atoms with Crippen molar-refractivity contribution in [1.82, 2.24) is 15.0 Å². The fourth-order valence-electron chi connectivity index (χ4n) is 4.06. The van der Waals surface area contributed by atoms with Crippen LogP contribution in [-0.2, 0) is 4.74 Å². The largest absolute Gasteiger partial charge is 0.480 e. The molecule has 2 saturated heterocycles. The average molecular weight is 454 g/mol. The van der Waals surface area contributed by atoms with E-state index >= 15 is 0 Å². The Kier molecular flexibility index (Phi) is 5.97. The second-order valence-electron chi connectivity index (χ2n) is 8.01. The number of anilines is 3. The fraction of sp³-hybridized carbons (Fsp3) is 0.455. The van der Waals surface area contributed by atoms with Crippen molar-refractivity contribution in [3.05, 3.63) is 30.0 Å². The number of hydrogen-bond acceptors (Lipinski definition) is 10. The zero-order valence-corrected chi connectivity index (χ0v) is 18.4. The van der Waals surface area contributed by atoms with Crippen LogP contribution in [-0.4, -0.2) is 78.6 Å². The van der Waals surface area contributed by atoms with Gasteiger partial charge in [-0.1, -0.05) is 0 Å². The van der Waals surface area contributed by atoms with E-state index in [4.69, 9.17) is 18.9 Å². The molecule has 5 rings (SSSR count). The molecule has 2 aliphatic heterocycles. The van der Waals surface area contributed by atoms with E-state index in [0.29, 0.717) is 92.4 Å². The summed E-state index contributed by atoms with van der Waals surface area (Å²) in [6.45, 7) is 3.74. The van der Waals surface area contributed by atoms with Gasteiger partial charge in [-0.2, -0.15) is 4.98 Å². The second-order valence-corrected chi connectivity index (χ2v) is 8.01. The first-order valence-corrected chi connectivity index (χ1v) is 11.0.